The van der Waals surface area contributed by atoms with Crippen LogP contribution in [0.2, 0.25) is 0 Å². The average Bonchev–Trinajstić information content (AvgIpc) is 3.05. The molecule has 1 aliphatic heterocycles. The molecule has 29 heavy (non-hydrogen) atoms. The summed E-state index contributed by atoms with van der Waals surface area (Å²) in [5.74, 6) is 1.24. The van der Waals surface area contributed by atoms with Crippen LogP contribution in [0.4, 0.5) is 11.4 Å². The van der Waals surface area contributed by atoms with E-state index < -0.39 is 4.92 Å². The molecule has 4 rings (SSSR count). The molecule has 9 heteroatoms. The van der Waals surface area contributed by atoms with Crippen molar-refractivity contribution in [3.8, 4) is 16.9 Å². The number of hydrogen-bond donors (Lipinski definition) is 1. The number of nitrogens with zero attached hydrogens (tertiary/aromatic N) is 3. The monoisotopic (exact) mass is 398 g/mol. The summed E-state index contributed by atoms with van der Waals surface area (Å²) in [6.07, 6.45) is 2.87. The van der Waals surface area contributed by atoms with Crippen LogP contribution in [0.5, 0.6) is 5.75 Å². The van der Waals surface area contributed by atoms with Crippen molar-refractivity contribution in [2.75, 3.05) is 25.6 Å². The van der Waals surface area contributed by atoms with Crippen molar-refractivity contribution in [3.05, 3.63) is 39.9 Å². The second-order valence-electron chi connectivity index (χ2n) is 7.08. The molecule has 0 spiro atoms. The first-order valence-corrected chi connectivity index (χ1v) is 9.42. The average molecular weight is 398 g/mol. The van der Waals surface area contributed by atoms with Gasteiger partial charge in [0.25, 0.3) is 0 Å². The third-order valence-corrected chi connectivity index (χ3v) is 5.24. The lowest BCUT2D eigenvalue weighted by atomic mass is 9.99. The van der Waals surface area contributed by atoms with E-state index in [4.69, 9.17) is 14.0 Å². The number of fused-ring (bicyclic) bond motifs is 1. The Morgan fingerprint density at radius 1 is 1.28 bits per heavy atom. The number of hydrogen-bond acceptors (Lipinski definition) is 8. The number of nitro groups is 1. The lowest BCUT2D eigenvalue weighted by Crippen LogP contribution is -2.28. The van der Waals surface area contributed by atoms with Crippen molar-refractivity contribution in [1.29, 1.82) is 0 Å². The molecule has 0 saturated carbocycles. The number of aryl methyl sites for hydroxylation is 2. The standard InChI is InChI=1S/C20H22N4O5/c1-11-19(12(2)29-23-11)15-8-16-14(9-18(15)27-3)20(17(10-21-16)24(25)26)22-13-4-6-28-7-5-13/h8-10,13H,4-7H2,1-3H3,(H,21,22). The Morgan fingerprint density at radius 2 is 2.03 bits per heavy atom. The smallest absolute Gasteiger partial charge is 0.311 e. The molecule has 152 valence electrons. The fraction of sp³-hybridized carbons (Fsp3) is 0.400. The second-order valence-corrected chi connectivity index (χ2v) is 7.08. The molecule has 1 N–H and O–H groups in total. The highest BCUT2D eigenvalue weighted by atomic mass is 16.6. The third-order valence-electron chi connectivity index (χ3n) is 5.24. The number of ether oxygens (including phenoxy) is 2. The maximum absolute atomic E-state index is 11.7. The summed E-state index contributed by atoms with van der Waals surface area (Å²) in [5, 5.41) is 19.7. The normalized spacial score (nSPS) is 14.9. The number of nitrogens with one attached hydrogen (secondary N) is 1. The first kappa shape index (κ1) is 19.1. The van der Waals surface area contributed by atoms with E-state index in [0.717, 1.165) is 29.7 Å². The molecule has 1 saturated heterocycles. The van der Waals surface area contributed by atoms with E-state index in [1.807, 2.05) is 19.9 Å². The molecule has 3 aromatic rings. The van der Waals surface area contributed by atoms with Crippen LogP contribution in [0.15, 0.2) is 22.9 Å². The van der Waals surface area contributed by atoms with Gasteiger partial charge in [-0.1, -0.05) is 5.16 Å². The van der Waals surface area contributed by atoms with Crippen molar-refractivity contribution in [2.45, 2.75) is 32.7 Å². The van der Waals surface area contributed by atoms with Gasteiger partial charge in [-0.15, -0.1) is 0 Å². The minimum Gasteiger partial charge on any atom is -0.496 e. The summed E-state index contributed by atoms with van der Waals surface area (Å²) in [7, 11) is 1.57. The number of benzene rings is 1. The quantitative estimate of drug-likeness (QED) is 0.507. The Hall–Kier alpha value is -3.20. The summed E-state index contributed by atoms with van der Waals surface area (Å²) in [4.78, 5) is 15.6. The lowest BCUT2D eigenvalue weighted by Gasteiger charge is -2.24. The number of aromatic nitrogens is 2. The van der Waals surface area contributed by atoms with Crippen LogP contribution < -0.4 is 10.1 Å². The number of methoxy groups -OCH3 is 1. The van der Waals surface area contributed by atoms with Gasteiger partial charge in [0.2, 0.25) is 0 Å². The molecule has 1 fully saturated rings. The van der Waals surface area contributed by atoms with Crippen molar-refractivity contribution in [1.82, 2.24) is 10.1 Å². The van der Waals surface area contributed by atoms with Gasteiger partial charge >= 0.3 is 5.69 Å². The summed E-state index contributed by atoms with van der Waals surface area (Å²) >= 11 is 0. The minimum absolute atomic E-state index is 0.0591. The highest BCUT2D eigenvalue weighted by Crippen LogP contribution is 2.41. The van der Waals surface area contributed by atoms with Gasteiger partial charge in [0, 0.05) is 30.2 Å². The number of pyridine rings is 1. The highest BCUT2D eigenvalue weighted by Gasteiger charge is 2.25. The Bertz CT molecular complexity index is 1050. The lowest BCUT2D eigenvalue weighted by molar-refractivity contribution is -0.384. The summed E-state index contributed by atoms with van der Waals surface area (Å²) in [6.45, 7) is 4.96. The zero-order valence-corrected chi connectivity index (χ0v) is 16.5. The van der Waals surface area contributed by atoms with E-state index in [0.29, 0.717) is 41.3 Å². The van der Waals surface area contributed by atoms with Gasteiger partial charge in [-0.3, -0.25) is 10.1 Å². The first-order chi connectivity index (χ1) is 14.0. The van der Waals surface area contributed by atoms with Gasteiger partial charge in [0.15, 0.2) is 0 Å². The van der Waals surface area contributed by atoms with Gasteiger partial charge in [-0.05, 0) is 38.8 Å². The molecule has 3 heterocycles. The van der Waals surface area contributed by atoms with Crippen LogP contribution in [0.3, 0.4) is 0 Å². The van der Waals surface area contributed by atoms with Crippen LogP contribution in [-0.2, 0) is 4.74 Å². The van der Waals surface area contributed by atoms with Gasteiger partial charge in [0.1, 0.15) is 23.4 Å². The van der Waals surface area contributed by atoms with Crippen LogP contribution in [0.25, 0.3) is 22.0 Å². The molecule has 9 nitrogen and oxygen atoms in total. The van der Waals surface area contributed by atoms with Crippen molar-refractivity contribution >= 4 is 22.3 Å². The number of anilines is 1. The zero-order valence-electron chi connectivity index (χ0n) is 16.5. The fourth-order valence-electron chi connectivity index (χ4n) is 3.78. The second kappa shape index (κ2) is 7.67. The van der Waals surface area contributed by atoms with Gasteiger partial charge in [-0.2, -0.15) is 0 Å². The number of rotatable bonds is 5. The van der Waals surface area contributed by atoms with E-state index in [9.17, 15) is 10.1 Å². The van der Waals surface area contributed by atoms with Crippen molar-refractivity contribution in [3.63, 3.8) is 0 Å². The van der Waals surface area contributed by atoms with Crippen LogP contribution >= 0.6 is 0 Å². The SMILES string of the molecule is COc1cc2c(NC3CCOCC3)c([N+](=O)[O-])cnc2cc1-c1c(C)noc1C. The van der Waals surface area contributed by atoms with Crippen molar-refractivity contribution in [2.24, 2.45) is 0 Å². The van der Waals surface area contributed by atoms with Crippen molar-refractivity contribution < 1.29 is 18.9 Å². The Morgan fingerprint density at radius 3 is 2.66 bits per heavy atom. The van der Waals surface area contributed by atoms with E-state index >= 15 is 0 Å². The molecule has 0 unspecified atom stereocenters. The largest absolute Gasteiger partial charge is 0.496 e. The van der Waals surface area contributed by atoms with Crippen LogP contribution in [0, 0.1) is 24.0 Å². The van der Waals surface area contributed by atoms with Crippen LogP contribution in [0.1, 0.15) is 24.3 Å². The Balaban J connectivity index is 1.90. The molecule has 2 aromatic heterocycles. The highest BCUT2D eigenvalue weighted by molar-refractivity contribution is 6.00. The predicted molar refractivity (Wildman–Crippen MR) is 107 cm³/mol. The van der Waals surface area contributed by atoms with E-state index in [1.54, 1.807) is 13.2 Å². The zero-order chi connectivity index (χ0) is 20.5. The predicted octanol–water partition coefficient (Wildman–Crippen LogP) is 4.01. The fourth-order valence-corrected chi connectivity index (χ4v) is 3.78. The van der Waals surface area contributed by atoms with Gasteiger partial charge in [0.05, 0.1) is 28.8 Å². The molecule has 0 aliphatic carbocycles. The summed E-state index contributed by atoms with van der Waals surface area (Å²) in [5.41, 5.74) is 3.38. The molecule has 0 atom stereocenters. The molecular formula is C20H22N4O5. The topological polar surface area (TPSA) is 113 Å². The first-order valence-electron chi connectivity index (χ1n) is 9.42. The third kappa shape index (κ3) is 3.49. The molecule has 0 amide bonds. The minimum atomic E-state index is -0.414. The van der Waals surface area contributed by atoms with E-state index in [-0.39, 0.29) is 11.7 Å². The van der Waals surface area contributed by atoms with E-state index in [2.05, 4.69) is 15.5 Å². The van der Waals surface area contributed by atoms with Gasteiger partial charge < -0.3 is 19.3 Å². The Kier molecular flexibility index (Phi) is 5.06. The summed E-state index contributed by atoms with van der Waals surface area (Å²) < 4.78 is 16.3. The van der Waals surface area contributed by atoms with Crippen LogP contribution in [-0.4, -0.2) is 41.4 Å². The molecule has 0 bridgehead atoms. The van der Waals surface area contributed by atoms with Gasteiger partial charge in [-0.25, -0.2) is 4.98 Å². The molecule has 1 aliphatic rings. The molecular weight excluding hydrogens is 376 g/mol. The summed E-state index contributed by atoms with van der Waals surface area (Å²) in [6, 6.07) is 3.75. The van der Waals surface area contributed by atoms with E-state index in [1.165, 1.54) is 6.20 Å². The maximum Gasteiger partial charge on any atom is 0.311 e. The Labute approximate surface area is 167 Å². The molecule has 0 radical (unpaired) electrons. The maximum atomic E-state index is 11.7. The molecule has 1 aromatic carbocycles.